The minimum absolute atomic E-state index is 0.0128. The number of alkyl halides is 3. The van der Waals surface area contributed by atoms with Gasteiger partial charge in [-0.1, -0.05) is 74.8 Å². The molecule has 9 nitrogen and oxygen atoms in total. The molecule has 1 aromatic heterocycles. The second-order valence-electron chi connectivity index (χ2n) is 10.2. The third-order valence-electron chi connectivity index (χ3n) is 6.60. The molecule has 1 atom stereocenters. The number of oxime groups is 1. The molecule has 3 aromatic rings. The number of aromatic nitrogens is 1. The summed E-state index contributed by atoms with van der Waals surface area (Å²) >= 11 is 0. The quantitative estimate of drug-likeness (QED) is 0.117. The minimum Gasteiger partial charge on any atom is -0.480 e. The van der Waals surface area contributed by atoms with Crippen LogP contribution < -0.4 is 5.73 Å². The van der Waals surface area contributed by atoms with E-state index < -0.39 is 30.0 Å². The number of amides is 1. The predicted molar refractivity (Wildman–Crippen MR) is 154 cm³/mol. The number of benzene rings is 2. The van der Waals surface area contributed by atoms with Crippen LogP contribution in [0.3, 0.4) is 0 Å². The van der Waals surface area contributed by atoms with Crippen molar-refractivity contribution in [3.05, 3.63) is 78.0 Å². The number of halogens is 3. The van der Waals surface area contributed by atoms with Gasteiger partial charge in [-0.25, -0.2) is 9.59 Å². The SMILES string of the molecule is CCCCC(=O)N(Cc1ccc(-c2cc(-c3ccccc3)ccc2C(N)=NOC(=O)C(F)(F)F)nc1)C(C(=O)O)C(C)C. The molecule has 0 saturated heterocycles. The number of nitrogens with zero attached hydrogens (tertiary/aromatic N) is 3. The Kier molecular flexibility index (Phi) is 11.0. The zero-order chi connectivity index (χ0) is 31.7. The highest BCUT2D eigenvalue weighted by molar-refractivity contribution is 6.04. The molecular formula is C31H33F3N4O5. The van der Waals surface area contributed by atoms with Gasteiger partial charge in [-0.05, 0) is 47.2 Å². The number of hydrogen-bond donors (Lipinski definition) is 2. The summed E-state index contributed by atoms with van der Waals surface area (Å²) in [6.45, 7) is 5.42. The molecule has 3 rings (SSSR count). The molecule has 0 aliphatic carbocycles. The van der Waals surface area contributed by atoms with E-state index in [4.69, 9.17) is 5.73 Å². The lowest BCUT2D eigenvalue weighted by molar-refractivity contribution is -0.199. The van der Waals surface area contributed by atoms with Gasteiger partial charge >= 0.3 is 18.1 Å². The first-order valence-corrected chi connectivity index (χ1v) is 13.6. The van der Waals surface area contributed by atoms with Crippen LogP contribution in [-0.4, -0.2) is 50.9 Å². The van der Waals surface area contributed by atoms with E-state index >= 15 is 0 Å². The lowest BCUT2D eigenvalue weighted by Crippen LogP contribution is -2.47. The summed E-state index contributed by atoms with van der Waals surface area (Å²) in [5.74, 6) is -4.71. The summed E-state index contributed by atoms with van der Waals surface area (Å²) in [5, 5.41) is 13.1. The van der Waals surface area contributed by atoms with Crippen LogP contribution in [0.2, 0.25) is 0 Å². The molecule has 1 heterocycles. The molecule has 0 bridgehead atoms. The fourth-order valence-corrected chi connectivity index (χ4v) is 4.45. The van der Waals surface area contributed by atoms with Crippen molar-refractivity contribution >= 4 is 23.7 Å². The first kappa shape index (κ1) is 32.8. The lowest BCUT2D eigenvalue weighted by atomic mass is 9.96. The van der Waals surface area contributed by atoms with Crippen LogP contribution in [-0.2, 0) is 25.8 Å². The lowest BCUT2D eigenvalue weighted by Gasteiger charge is -2.31. The smallest absolute Gasteiger partial charge is 0.480 e. The average Bonchev–Trinajstić information content (AvgIpc) is 2.97. The van der Waals surface area contributed by atoms with Gasteiger partial charge in [-0.3, -0.25) is 9.78 Å². The zero-order valence-corrected chi connectivity index (χ0v) is 24.0. The third kappa shape index (κ3) is 8.63. The van der Waals surface area contributed by atoms with Crippen molar-refractivity contribution in [2.24, 2.45) is 16.8 Å². The van der Waals surface area contributed by atoms with Crippen LogP contribution in [0.4, 0.5) is 13.2 Å². The molecule has 12 heteroatoms. The van der Waals surface area contributed by atoms with Crippen molar-refractivity contribution in [1.82, 2.24) is 9.88 Å². The van der Waals surface area contributed by atoms with Gasteiger partial charge in [0.1, 0.15) is 6.04 Å². The number of carboxylic acid groups (broad SMARTS) is 1. The van der Waals surface area contributed by atoms with Crippen LogP contribution in [0, 0.1) is 5.92 Å². The number of hydrogen-bond acceptors (Lipinski definition) is 6. The Bertz CT molecular complexity index is 1460. The number of carboxylic acids is 1. The van der Waals surface area contributed by atoms with Gasteiger partial charge in [0, 0.05) is 30.3 Å². The maximum Gasteiger partial charge on any atom is 0.493 e. The molecule has 0 aliphatic heterocycles. The first-order valence-electron chi connectivity index (χ1n) is 13.6. The number of pyridine rings is 1. The third-order valence-corrected chi connectivity index (χ3v) is 6.60. The fraction of sp³-hybridized carbons (Fsp3) is 0.323. The molecule has 2 aromatic carbocycles. The number of amidine groups is 1. The summed E-state index contributed by atoms with van der Waals surface area (Å²) in [6, 6.07) is 16.5. The van der Waals surface area contributed by atoms with E-state index in [1.807, 2.05) is 37.3 Å². The summed E-state index contributed by atoms with van der Waals surface area (Å²) in [4.78, 5) is 46.1. The van der Waals surface area contributed by atoms with Crippen LogP contribution in [0.1, 0.15) is 51.2 Å². The minimum atomic E-state index is -5.25. The summed E-state index contributed by atoms with van der Waals surface area (Å²) < 4.78 is 37.8. The highest BCUT2D eigenvalue weighted by Crippen LogP contribution is 2.29. The molecule has 228 valence electrons. The Morgan fingerprint density at radius 2 is 1.74 bits per heavy atom. The predicted octanol–water partition coefficient (Wildman–Crippen LogP) is 5.77. The average molecular weight is 599 g/mol. The molecule has 1 unspecified atom stereocenters. The van der Waals surface area contributed by atoms with Gasteiger partial charge < -0.3 is 20.6 Å². The van der Waals surface area contributed by atoms with Gasteiger partial charge in [-0.2, -0.15) is 13.2 Å². The number of nitrogens with two attached hydrogens (primary N) is 1. The van der Waals surface area contributed by atoms with E-state index in [-0.39, 0.29) is 30.4 Å². The van der Waals surface area contributed by atoms with Crippen molar-refractivity contribution in [2.45, 2.75) is 58.8 Å². The normalized spacial score (nSPS) is 12.6. The number of rotatable bonds is 12. The van der Waals surface area contributed by atoms with Crippen molar-refractivity contribution in [3.63, 3.8) is 0 Å². The number of unbranched alkanes of at least 4 members (excludes halogenated alkanes) is 1. The molecule has 0 saturated carbocycles. The Morgan fingerprint density at radius 3 is 2.30 bits per heavy atom. The zero-order valence-electron chi connectivity index (χ0n) is 24.0. The fourth-order valence-electron chi connectivity index (χ4n) is 4.45. The van der Waals surface area contributed by atoms with Crippen molar-refractivity contribution in [1.29, 1.82) is 0 Å². The number of carbonyl (C=O) groups is 3. The van der Waals surface area contributed by atoms with Gasteiger partial charge in [0.2, 0.25) is 5.91 Å². The van der Waals surface area contributed by atoms with E-state index in [2.05, 4.69) is 15.0 Å². The van der Waals surface area contributed by atoms with E-state index in [9.17, 15) is 32.7 Å². The first-order chi connectivity index (χ1) is 20.3. The monoisotopic (exact) mass is 598 g/mol. The Morgan fingerprint density at radius 1 is 1.05 bits per heavy atom. The number of carbonyl (C=O) groups excluding carboxylic acids is 2. The van der Waals surface area contributed by atoms with Crippen molar-refractivity contribution in [2.75, 3.05) is 0 Å². The molecule has 0 spiro atoms. The van der Waals surface area contributed by atoms with Gasteiger partial charge in [-0.15, -0.1) is 0 Å². The highest BCUT2D eigenvalue weighted by atomic mass is 19.4. The van der Waals surface area contributed by atoms with Crippen LogP contribution in [0.25, 0.3) is 22.4 Å². The van der Waals surface area contributed by atoms with E-state index in [1.54, 1.807) is 38.1 Å². The van der Waals surface area contributed by atoms with Gasteiger partial charge in [0.05, 0.1) is 5.69 Å². The maximum absolute atomic E-state index is 13.0. The molecule has 3 N–H and O–H groups in total. The maximum atomic E-state index is 13.0. The molecule has 0 fully saturated rings. The summed E-state index contributed by atoms with van der Waals surface area (Å²) in [7, 11) is 0. The topological polar surface area (TPSA) is 135 Å². The van der Waals surface area contributed by atoms with Crippen molar-refractivity contribution < 1.29 is 37.5 Å². The second-order valence-corrected chi connectivity index (χ2v) is 10.2. The highest BCUT2D eigenvalue weighted by Gasteiger charge is 2.42. The second kappa shape index (κ2) is 14.4. The van der Waals surface area contributed by atoms with Crippen LogP contribution >= 0.6 is 0 Å². The molecular weight excluding hydrogens is 565 g/mol. The Labute approximate surface area is 247 Å². The molecule has 1 amide bonds. The summed E-state index contributed by atoms with van der Waals surface area (Å²) in [6.07, 6.45) is -2.14. The molecule has 43 heavy (non-hydrogen) atoms. The van der Waals surface area contributed by atoms with Crippen LogP contribution in [0.15, 0.2) is 72.0 Å². The largest absolute Gasteiger partial charge is 0.493 e. The van der Waals surface area contributed by atoms with Crippen molar-refractivity contribution in [3.8, 4) is 22.4 Å². The Balaban J connectivity index is 2.02. The van der Waals surface area contributed by atoms with Gasteiger partial charge in [0.25, 0.3) is 0 Å². The van der Waals surface area contributed by atoms with E-state index in [0.717, 1.165) is 17.5 Å². The van der Waals surface area contributed by atoms with E-state index in [1.165, 1.54) is 17.2 Å². The van der Waals surface area contributed by atoms with Gasteiger partial charge in [0.15, 0.2) is 5.84 Å². The number of aliphatic carboxylic acids is 1. The van der Waals surface area contributed by atoms with E-state index in [0.29, 0.717) is 23.2 Å². The molecule has 0 aliphatic rings. The van der Waals surface area contributed by atoms with Crippen LogP contribution in [0.5, 0.6) is 0 Å². The summed E-state index contributed by atoms with van der Waals surface area (Å²) in [5.41, 5.74) is 9.03. The Hall–Kier alpha value is -4.74. The standard InChI is InChI=1S/C31H33F3N4O5/c1-4-5-11-26(39)38(27(19(2)3)29(40)41)18-20-12-15-25(36-17-20)24-16-22(21-9-7-6-8-10-21)13-14-23(24)28(35)37-43-30(42)31(32,33)34/h6-10,12-17,19,27H,4-5,11,18H2,1-3H3,(H2,35,37)(H,40,41). The molecule has 0 radical (unpaired) electrons.